The minimum Gasteiger partial charge on any atom is -0.497 e. The first kappa shape index (κ1) is 17.5. The zero-order valence-corrected chi connectivity index (χ0v) is 15.3. The Hall–Kier alpha value is -3.86. The van der Waals surface area contributed by atoms with Crippen LogP contribution in [0.25, 0.3) is 10.9 Å². The molecule has 1 aromatic heterocycles. The first-order valence-electron chi connectivity index (χ1n) is 8.90. The molecule has 0 atom stereocenters. The molecule has 0 aliphatic carbocycles. The van der Waals surface area contributed by atoms with Crippen LogP contribution in [0.1, 0.15) is 21.6 Å². The molecule has 0 unspecified atom stereocenters. The van der Waals surface area contributed by atoms with Crippen molar-refractivity contribution in [3.8, 4) is 5.75 Å². The van der Waals surface area contributed by atoms with Crippen LogP contribution in [-0.2, 0) is 0 Å². The highest BCUT2D eigenvalue weighted by Gasteiger charge is 2.11. The second-order valence-electron chi connectivity index (χ2n) is 6.27. The summed E-state index contributed by atoms with van der Waals surface area (Å²) in [6, 6.07) is 26.9. The van der Waals surface area contributed by atoms with Gasteiger partial charge in [0.15, 0.2) is 0 Å². The van der Waals surface area contributed by atoms with Crippen molar-refractivity contribution >= 4 is 22.5 Å². The van der Waals surface area contributed by atoms with Gasteiger partial charge in [0.1, 0.15) is 11.4 Å². The molecule has 0 saturated heterocycles. The van der Waals surface area contributed by atoms with E-state index in [0.717, 1.165) is 27.8 Å². The van der Waals surface area contributed by atoms with Gasteiger partial charge in [-0.3, -0.25) is 4.79 Å². The smallest absolute Gasteiger partial charge is 0.287 e. The summed E-state index contributed by atoms with van der Waals surface area (Å²) in [5.74, 6) is 0.469. The molecule has 0 radical (unpaired) electrons. The first-order chi connectivity index (χ1) is 13.7. The van der Waals surface area contributed by atoms with E-state index in [4.69, 9.17) is 4.74 Å². The lowest BCUT2D eigenvalue weighted by molar-refractivity contribution is 0.0951. The molecule has 138 valence electrons. The van der Waals surface area contributed by atoms with Crippen LogP contribution < -0.4 is 10.2 Å². The summed E-state index contributed by atoms with van der Waals surface area (Å²) in [7, 11) is 1.63. The van der Waals surface area contributed by atoms with Gasteiger partial charge in [-0.05, 0) is 36.4 Å². The fourth-order valence-electron chi connectivity index (χ4n) is 3.00. The molecule has 0 spiro atoms. The molecule has 4 rings (SSSR count). The molecule has 0 aliphatic heterocycles. The summed E-state index contributed by atoms with van der Waals surface area (Å²) in [5.41, 5.74) is 6.51. The third kappa shape index (κ3) is 3.64. The number of ether oxygens (including phenoxy) is 1. The van der Waals surface area contributed by atoms with E-state index in [-0.39, 0.29) is 5.91 Å². The number of methoxy groups -OCH3 is 1. The van der Waals surface area contributed by atoms with E-state index in [1.165, 1.54) is 0 Å². The van der Waals surface area contributed by atoms with Gasteiger partial charge in [0.2, 0.25) is 0 Å². The van der Waals surface area contributed by atoms with Gasteiger partial charge in [-0.15, -0.1) is 0 Å². The lowest BCUT2D eigenvalue weighted by atomic mass is 10.0. The van der Waals surface area contributed by atoms with E-state index in [1.54, 1.807) is 7.11 Å². The van der Waals surface area contributed by atoms with Crippen LogP contribution in [0.5, 0.6) is 5.75 Å². The number of nitrogens with zero attached hydrogens (tertiary/aromatic N) is 1. The lowest BCUT2D eigenvalue weighted by Gasteiger charge is -2.08. The monoisotopic (exact) mass is 369 g/mol. The van der Waals surface area contributed by atoms with Gasteiger partial charge < -0.3 is 9.72 Å². The fraction of sp³-hybridized carbons (Fsp3) is 0.0435. The number of amides is 1. The number of aromatic nitrogens is 1. The van der Waals surface area contributed by atoms with Gasteiger partial charge in [0.05, 0.1) is 12.8 Å². The first-order valence-corrected chi connectivity index (χ1v) is 8.90. The van der Waals surface area contributed by atoms with Gasteiger partial charge in [0, 0.05) is 22.0 Å². The van der Waals surface area contributed by atoms with Gasteiger partial charge in [-0.2, -0.15) is 5.10 Å². The van der Waals surface area contributed by atoms with Crippen molar-refractivity contribution in [3.05, 3.63) is 102 Å². The number of rotatable bonds is 5. The molecule has 5 nitrogen and oxygen atoms in total. The van der Waals surface area contributed by atoms with Gasteiger partial charge in [-0.1, -0.05) is 48.5 Å². The van der Waals surface area contributed by atoms with Gasteiger partial charge >= 0.3 is 0 Å². The minimum atomic E-state index is -0.293. The standard InChI is InChI=1S/C23H19N3O2/c1-28-19-13-11-17(12-14-19)22(16-7-3-2-4-8-16)25-26-23(27)21-15-18-9-5-6-10-20(18)24-21/h2-15,24H,1H3,(H,26,27). The van der Waals surface area contributed by atoms with Crippen LogP contribution in [0.2, 0.25) is 0 Å². The number of benzene rings is 3. The molecule has 0 saturated carbocycles. The highest BCUT2D eigenvalue weighted by molar-refractivity contribution is 6.13. The summed E-state index contributed by atoms with van der Waals surface area (Å²) < 4.78 is 5.23. The van der Waals surface area contributed by atoms with E-state index in [0.29, 0.717) is 11.4 Å². The predicted octanol–water partition coefficient (Wildman–Crippen LogP) is 4.36. The summed E-state index contributed by atoms with van der Waals surface area (Å²) in [4.78, 5) is 15.7. The number of hydrazone groups is 1. The van der Waals surface area contributed by atoms with Crippen LogP contribution in [0.15, 0.2) is 90.0 Å². The normalized spacial score (nSPS) is 11.4. The topological polar surface area (TPSA) is 66.5 Å². The quantitative estimate of drug-likeness (QED) is 0.405. The van der Waals surface area contributed by atoms with Crippen LogP contribution in [0.3, 0.4) is 0 Å². The molecular formula is C23H19N3O2. The van der Waals surface area contributed by atoms with E-state index in [2.05, 4.69) is 15.5 Å². The van der Waals surface area contributed by atoms with Gasteiger partial charge in [-0.25, -0.2) is 5.43 Å². The SMILES string of the molecule is COc1ccc(C(=NNC(=O)c2cc3ccccc3[nH]2)c2ccccc2)cc1. The highest BCUT2D eigenvalue weighted by atomic mass is 16.5. The number of carbonyl (C=O) groups is 1. The number of aromatic amines is 1. The average Bonchev–Trinajstić information content (AvgIpc) is 3.19. The molecule has 4 aromatic rings. The zero-order chi connectivity index (χ0) is 19.3. The second kappa shape index (κ2) is 7.80. The van der Waals surface area contributed by atoms with Crippen LogP contribution >= 0.6 is 0 Å². The Morgan fingerprint density at radius 1 is 0.893 bits per heavy atom. The third-order valence-electron chi connectivity index (χ3n) is 4.45. The zero-order valence-electron chi connectivity index (χ0n) is 15.3. The van der Waals surface area contributed by atoms with Crippen LogP contribution in [-0.4, -0.2) is 23.7 Å². The summed E-state index contributed by atoms with van der Waals surface area (Å²) in [6.45, 7) is 0. The van der Waals surface area contributed by atoms with Crippen molar-refractivity contribution in [3.63, 3.8) is 0 Å². The Kier molecular flexibility index (Phi) is 4.89. The largest absolute Gasteiger partial charge is 0.497 e. The van der Waals surface area contributed by atoms with E-state index < -0.39 is 0 Å². The summed E-state index contributed by atoms with van der Waals surface area (Å²) in [6.07, 6.45) is 0. The molecule has 0 bridgehead atoms. The molecule has 28 heavy (non-hydrogen) atoms. The van der Waals surface area contributed by atoms with Crippen molar-refractivity contribution < 1.29 is 9.53 Å². The number of carbonyl (C=O) groups excluding carboxylic acids is 1. The molecule has 3 aromatic carbocycles. The average molecular weight is 369 g/mol. The number of H-pyrrole nitrogens is 1. The molecule has 1 heterocycles. The van der Waals surface area contributed by atoms with Crippen molar-refractivity contribution in [1.82, 2.24) is 10.4 Å². The summed E-state index contributed by atoms with van der Waals surface area (Å²) in [5, 5.41) is 5.40. The van der Waals surface area contributed by atoms with E-state index in [1.807, 2.05) is 84.9 Å². The highest BCUT2D eigenvalue weighted by Crippen LogP contribution is 2.17. The number of hydrogen-bond donors (Lipinski definition) is 2. The second-order valence-corrected chi connectivity index (χ2v) is 6.27. The van der Waals surface area contributed by atoms with Crippen molar-refractivity contribution in [2.24, 2.45) is 5.10 Å². The number of nitrogens with one attached hydrogen (secondary N) is 2. The lowest BCUT2D eigenvalue weighted by Crippen LogP contribution is -2.21. The molecule has 2 N–H and O–H groups in total. The van der Waals surface area contributed by atoms with Crippen molar-refractivity contribution in [2.45, 2.75) is 0 Å². The maximum absolute atomic E-state index is 12.6. The maximum Gasteiger partial charge on any atom is 0.287 e. The van der Waals surface area contributed by atoms with Crippen molar-refractivity contribution in [1.29, 1.82) is 0 Å². The predicted molar refractivity (Wildman–Crippen MR) is 111 cm³/mol. The minimum absolute atomic E-state index is 0.293. The Morgan fingerprint density at radius 2 is 1.57 bits per heavy atom. The Bertz CT molecular complexity index is 1100. The summed E-state index contributed by atoms with van der Waals surface area (Å²) >= 11 is 0. The molecule has 5 heteroatoms. The van der Waals surface area contributed by atoms with Crippen molar-refractivity contribution in [2.75, 3.05) is 7.11 Å². The Morgan fingerprint density at radius 3 is 2.29 bits per heavy atom. The Balaban J connectivity index is 1.65. The Labute approximate surface area is 162 Å². The molecule has 1 amide bonds. The number of para-hydroxylation sites is 1. The van der Waals surface area contributed by atoms with Crippen LogP contribution in [0, 0.1) is 0 Å². The van der Waals surface area contributed by atoms with E-state index >= 15 is 0 Å². The molecular weight excluding hydrogens is 350 g/mol. The van der Waals surface area contributed by atoms with Gasteiger partial charge in [0.25, 0.3) is 5.91 Å². The molecule has 0 aliphatic rings. The number of hydrogen-bond acceptors (Lipinski definition) is 3. The van der Waals surface area contributed by atoms with Crippen LogP contribution in [0.4, 0.5) is 0 Å². The third-order valence-corrected chi connectivity index (χ3v) is 4.45. The number of fused-ring (bicyclic) bond motifs is 1. The van der Waals surface area contributed by atoms with E-state index in [9.17, 15) is 4.79 Å². The molecule has 0 fully saturated rings. The maximum atomic E-state index is 12.6. The fourth-order valence-corrected chi connectivity index (χ4v) is 3.00.